The van der Waals surface area contributed by atoms with Crippen LogP contribution in [0.2, 0.25) is 5.04 Å². The van der Waals surface area contributed by atoms with Gasteiger partial charge in [-0.05, 0) is 52.4 Å². The van der Waals surface area contributed by atoms with Crippen molar-refractivity contribution in [1.82, 2.24) is 0 Å². The van der Waals surface area contributed by atoms with Gasteiger partial charge in [0.25, 0.3) is 8.32 Å². The topological polar surface area (TPSA) is 36.9 Å². The van der Waals surface area contributed by atoms with Crippen molar-refractivity contribution >= 4 is 18.7 Å². The number of methoxy groups -OCH3 is 1. The number of hydrogen-bond acceptors (Lipinski definition) is 4. The molecule has 44 heavy (non-hydrogen) atoms. The Balaban J connectivity index is 1.73. The number of unbranched alkanes of at least 4 members (excludes halogenated alkanes) is 2. The largest absolute Gasteiger partial charge is 0.497 e. The van der Waals surface area contributed by atoms with Gasteiger partial charge in [0.2, 0.25) is 0 Å². The molecular formula is C39H52O4Si. The highest BCUT2D eigenvalue weighted by atomic mass is 28.4. The van der Waals surface area contributed by atoms with Crippen molar-refractivity contribution in [2.75, 3.05) is 26.9 Å². The standard InChI is InChI=1S/C39H52O4Si/c1-6-7-8-9-10-11-12-13-14-21-30-41-32-36(33-42-31-34-26-28-35(40-5)29-27-34)43-44(39(2,3)4,37-22-17-15-18-23-37)38-24-19-16-20-25-38/h8-13,15-20,22-29,36H,6-7,14,21,30-33H2,1-5H3/b9-8+,11-10+,13-12+/t36-/m0/s1. The predicted molar refractivity (Wildman–Crippen MR) is 188 cm³/mol. The molecule has 0 radical (unpaired) electrons. The van der Waals surface area contributed by atoms with Crippen molar-refractivity contribution in [2.45, 2.75) is 71.1 Å². The van der Waals surface area contributed by atoms with E-state index >= 15 is 0 Å². The van der Waals surface area contributed by atoms with E-state index in [2.05, 4.69) is 125 Å². The van der Waals surface area contributed by atoms with E-state index in [0.717, 1.165) is 30.6 Å². The molecule has 0 bridgehead atoms. The first-order valence-electron chi connectivity index (χ1n) is 16.0. The molecule has 0 aromatic heterocycles. The fourth-order valence-corrected chi connectivity index (χ4v) is 9.90. The maximum atomic E-state index is 7.39. The summed E-state index contributed by atoms with van der Waals surface area (Å²) in [6.45, 7) is 11.2. The zero-order valence-electron chi connectivity index (χ0n) is 27.4. The lowest BCUT2D eigenvalue weighted by molar-refractivity contribution is -0.0157. The van der Waals surface area contributed by atoms with Crippen LogP contribution in [-0.2, 0) is 20.5 Å². The van der Waals surface area contributed by atoms with Crippen molar-refractivity contribution in [3.63, 3.8) is 0 Å². The van der Waals surface area contributed by atoms with Crippen LogP contribution in [0.1, 0.15) is 58.9 Å². The summed E-state index contributed by atoms with van der Waals surface area (Å²) in [5, 5.41) is 2.37. The first-order chi connectivity index (χ1) is 21.4. The van der Waals surface area contributed by atoms with Gasteiger partial charge in [-0.15, -0.1) is 0 Å². The Morgan fingerprint density at radius 1 is 0.705 bits per heavy atom. The molecular weight excluding hydrogens is 561 g/mol. The Hall–Kier alpha value is -3.22. The smallest absolute Gasteiger partial charge is 0.261 e. The van der Waals surface area contributed by atoms with Crippen molar-refractivity contribution < 1.29 is 18.6 Å². The van der Waals surface area contributed by atoms with Crippen molar-refractivity contribution in [3.8, 4) is 5.75 Å². The molecule has 0 saturated carbocycles. The summed E-state index contributed by atoms with van der Waals surface area (Å²) in [4.78, 5) is 0. The van der Waals surface area contributed by atoms with E-state index in [9.17, 15) is 0 Å². The molecule has 4 nitrogen and oxygen atoms in total. The monoisotopic (exact) mass is 612 g/mol. The Labute approximate surface area is 267 Å². The number of hydrogen-bond donors (Lipinski definition) is 0. The van der Waals surface area contributed by atoms with Crippen LogP contribution in [0.15, 0.2) is 121 Å². The number of ether oxygens (including phenoxy) is 3. The summed E-state index contributed by atoms with van der Waals surface area (Å²) in [5.41, 5.74) is 1.10. The van der Waals surface area contributed by atoms with E-state index in [1.807, 2.05) is 24.3 Å². The second-order valence-corrected chi connectivity index (χ2v) is 16.3. The lowest BCUT2D eigenvalue weighted by Crippen LogP contribution is -2.68. The molecule has 0 aliphatic heterocycles. The molecule has 5 heteroatoms. The Kier molecular flexibility index (Phi) is 15.4. The molecule has 0 fully saturated rings. The normalized spacial score (nSPS) is 13.3. The van der Waals surface area contributed by atoms with E-state index in [-0.39, 0.29) is 11.1 Å². The summed E-state index contributed by atoms with van der Waals surface area (Å²) in [7, 11) is -1.08. The molecule has 3 aromatic rings. The fraction of sp³-hybridized carbons (Fsp3) is 0.385. The minimum Gasteiger partial charge on any atom is -0.497 e. The van der Waals surface area contributed by atoms with Crippen LogP contribution in [0, 0.1) is 0 Å². The lowest BCUT2D eigenvalue weighted by Gasteiger charge is -2.45. The zero-order valence-corrected chi connectivity index (χ0v) is 28.4. The molecule has 0 aliphatic rings. The molecule has 0 saturated heterocycles. The summed E-state index contributed by atoms with van der Waals surface area (Å²) >= 11 is 0. The van der Waals surface area contributed by atoms with Gasteiger partial charge in [0.15, 0.2) is 0 Å². The highest BCUT2D eigenvalue weighted by molar-refractivity contribution is 6.99. The van der Waals surface area contributed by atoms with Crippen molar-refractivity contribution in [1.29, 1.82) is 0 Å². The van der Waals surface area contributed by atoms with Crippen LogP contribution < -0.4 is 15.1 Å². The maximum Gasteiger partial charge on any atom is 0.261 e. The lowest BCUT2D eigenvalue weighted by atomic mass is 10.2. The van der Waals surface area contributed by atoms with Crippen molar-refractivity contribution in [3.05, 3.63) is 127 Å². The van der Waals surface area contributed by atoms with E-state index in [4.69, 9.17) is 18.6 Å². The highest BCUT2D eigenvalue weighted by Crippen LogP contribution is 2.37. The van der Waals surface area contributed by atoms with Crippen molar-refractivity contribution in [2.24, 2.45) is 0 Å². The Morgan fingerprint density at radius 2 is 1.27 bits per heavy atom. The quantitative estimate of drug-likeness (QED) is 0.0774. The van der Waals surface area contributed by atoms with Gasteiger partial charge >= 0.3 is 0 Å². The molecule has 0 aliphatic carbocycles. The van der Waals surface area contributed by atoms with Crippen LogP contribution in [0.4, 0.5) is 0 Å². The zero-order chi connectivity index (χ0) is 31.5. The Bertz CT molecular complexity index is 1220. The van der Waals surface area contributed by atoms with E-state index in [0.29, 0.717) is 26.4 Å². The fourth-order valence-electron chi connectivity index (χ4n) is 5.25. The van der Waals surface area contributed by atoms with Gasteiger partial charge in [-0.3, -0.25) is 0 Å². The molecule has 0 heterocycles. The second kappa shape index (κ2) is 19.2. The second-order valence-electron chi connectivity index (χ2n) is 12.0. The third-order valence-corrected chi connectivity index (χ3v) is 12.6. The summed E-state index contributed by atoms with van der Waals surface area (Å²) < 4.78 is 25.3. The average Bonchev–Trinajstić information content (AvgIpc) is 3.04. The SMILES string of the molecule is CCC/C=C/C=C/C=C/CCCOC[C@@H](COCc1ccc(OC)cc1)O[Si](c1ccccc1)(c1ccccc1)C(C)(C)C. The van der Waals surface area contributed by atoms with Gasteiger partial charge in [0, 0.05) is 6.61 Å². The van der Waals surface area contributed by atoms with Crippen LogP contribution >= 0.6 is 0 Å². The summed E-state index contributed by atoms with van der Waals surface area (Å²) in [6.07, 6.45) is 16.8. The number of allylic oxidation sites excluding steroid dienone is 6. The molecule has 0 N–H and O–H groups in total. The van der Waals surface area contributed by atoms with Gasteiger partial charge in [-0.2, -0.15) is 0 Å². The summed E-state index contributed by atoms with van der Waals surface area (Å²) in [6, 6.07) is 29.5. The average molecular weight is 613 g/mol. The highest BCUT2D eigenvalue weighted by Gasteiger charge is 2.51. The van der Waals surface area contributed by atoms with Gasteiger partial charge in [-0.1, -0.05) is 143 Å². The van der Waals surface area contributed by atoms with Crippen LogP contribution in [0.3, 0.4) is 0 Å². The third-order valence-electron chi connectivity index (χ3n) is 7.52. The van der Waals surface area contributed by atoms with Gasteiger partial charge in [-0.25, -0.2) is 0 Å². The van der Waals surface area contributed by atoms with Gasteiger partial charge < -0.3 is 18.6 Å². The molecule has 3 aromatic carbocycles. The van der Waals surface area contributed by atoms with E-state index < -0.39 is 8.32 Å². The molecule has 3 rings (SSSR count). The first-order valence-corrected chi connectivity index (χ1v) is 17.9. The summed E-state index contributed by atoms with van der Waals surface area (Å²) in [5.74, 6) is 0.838. The Morgan fingerprint density at radius 3 is 1.82 bits per heavy atom. The predicted octanol–water partition coefficient (Wildman–Crippen LogP) is 8.42. The first kappa shape index (κ1) is 35.3. The molecule has 0 amide bonds. The molecule has 1 atom stereocenters. The maximum absolute atomic E-state index is 7.39. The molecule has 0 spiro atoms. The minimum absolute atomic E-state index is 0.131. The van der Waals surface area contributed by atoms with Crippen LogP contribution in [-0.4, -0.2) is 41.4 Å². The number of rotatable bonds is 19. The molecule has 236 valence electrons. The van der Waals surface area contributed by atoms with Crippen LogP contribution in [0.5, 0.6) is 5.75 Å². The number of benzene rings is 3. The van der Waals surface area contributed by atoms with E-state index in [1.54, 1.807) is 7.11 Å². The minimum atomic E-state index is -2.76. The van der Waals surface area contributed by atoms with Crippen LogP contribution in [0.25, 0.3) is 0 Å². The molecule has 0 unspecified atom stereocenters. The van der Waals surface area contributed by atoms with E-state index in [1.165, 1.54) is 16.8 Å². The van der Waals surface area contributed by atoms with Gasteiger partial charge in [0.05, 0.1) is 33.0 Å². The van der Waals surface area contributed by atoms with Gasteiger partial charge in [0.1, 0.15) is 5.75 Å². The third kappa shape index (κ3) is 11.0.